The first-order valence-corrected chi connectivity index (χ1v) is 6.83. The molecule has 122 valence electrons. The Kier molecular flexibility index (Phi) is 4.20. The van der Waals surface area contributed by atoms with Gasteiger partial charge in [-0.1, -0.05) is 0 Å². The number of likely N-dealkylation sites (N-methyl/N-ethyl adjacent to an activating group) is 1. The number of hydrogen-bond donors (Lipinski definition) is 3. The lowest BCUT2D eigenvalue weighted by Crippen LogP contribution is -2.66. The molecule has 0 saturated carbocycles. The van der Waals surface area contributed by atoms with Crippen LogP contribution in [0.25, 0.3) is 0 Å². The Morgan fingerprint density at radius 1 is 1.43 bits per heavy atom. The van der Waals surface area contributed by atoms with Crippen LogP contribution in [0.15, 0.2) is 0 Å². The fourth-order valence-corrected chi connectivity index (χ4v) is 2.55. The minimum atomic E-state index is -1.36. The van der Waals surface area contributed by atoms with E-state index in [2.05, 4.69) is 0 Å². The van der Waals surface area contributed by atoms with Gasteiger partial charge in [0.15, 0.2) is 6.29 Å². The average Bonchev–Trinajstić information content (AvgIpc) is 2.77. The average molecular weight is 305 g/mol. The Morgan fingerprint density at radius 3 is 2.57 bits per heavy atom. The van der Waals surface area contributed by atoms with Gasteiger partial charge in [-0.05, 0) is 20.8 Å². The SMILES string of the molecule is CN(C(=O)OC(C)(C)C)[C@H]1[C@@H]2OC[C@](CO)(O2)[C@H](O)[C@@H]1O. The topological polar surface area (TPSA) is 109 Å². The van der Waals surface area contributed by atoms with Crippen molar-refractivity contribution in [3.8, 4) is 0 Å². The highest BCUT2D eigenvalue weighted by atomic mass is 16.7. The van der Waals surface area contributed by atoms with Crippen molar-refractivity contribution in [1.29, 1.82) is 0 Å². The predicted molar refractivity (Wildman–Crippen MR) is 70.4 cm³/mol. The van der Waals surface area contributed by atoms with Crippen LogP contribution in [0, 0.1) is 0 Å². The van der Waals surface area contributed by atoms with Gasteiger partial charge in [-0.25, -0.2) is 4.79 Å². The van der Waals surface area contributed by atoms with E-state index in [9.17, 15) is 20.1 Å². The van der Waals surface area contributed by atoms with Gasteiger partial charge in [0.2, 0.25) is 0 Å². The van der Waals surface area contributed by atoms with Crippen LogP contribution in [-0.4, -0.2) is 82.3 Å². The van der Waals surface area contributed by atoms with Gasteiger partial charge in [0.25, 0.3) is 0 Å². The highest BCUT2D eigenvalue weighted by Crippen LogP contribution is 2.38. The number of rotatable bonds is 2. The molecule has 0 aromatic heterocycles. The largest absolute Gasteiger partial charge is 0.444 e. The van der Waals surface area contributed by atoms with Gasteiger partial charge < -0.3 is 34.4 Å². The summed E-state index contributed by atoms with van der Waals surface area (Å²) in [5, 5.41) is 29.8. The number of amides is 1. The smallest absolute Gasteiger partial charge is 0.410 e. The number of aliphatic hydroxyl groups excluding tert-OH is 3. The fraction of sp³-hybridized carbons (Fsp3) is 0.923. The zero-order valence-corrected chi connectivity index (χ0v) is 12.6. The van der Waals surface area contributed by atoms with Crippen molar-refractivity contribution in [1.82, 2.24) is 4.90 Å². The van der Waals surface area contributed by atoms with Crippen LogP contribution in [0.2, 0.25) is 0 Å². The molecule has 2 heterocycles. The molecule has 21 heavy (non-hydrogen) atoms. The number of fused-ring (bicyclic) bond motifs is 2. The van der Waals surface area contributed by atoms with Crippen molar-refractivity contribution >= 4 is 6.09 Å². The van der Waals surface area contributed by atoms with Crippen LogP contribution in [0.5, 0.6) is 0 Å². The Morgan fingerprint density at radius 2 is 2.05 bits per heavy atom. The van der Waals surface area contributed by atoms with E-state index < -0.39 is 48.4 Å². The molecule has 3 N–H and O–H groups in total. The van der Waals surface area contributed by atoms with Crippen LogP contribution in [0.1, 0.15) is 20.8 Å². The van der Waals surface area contributed by atoms with Gasteiger partial charge in [-0.2, -0.15) is 0 Å². The first kappa shape index (κ1) is 16.4. The van der Waals surface area contributed by atoms with Crippen molar-refractivity contribution in [3.63, 3.8) is 0 Å². The third-order valence-electron chi connectivity index (χ3n) is 3.73. The van der Waals surface area contributed by atoms with E-state index in [1.54, 1.807) is 20.8 Å². The highest BCUT2D eigenvalue weighted by molar-refractivity contribution is 5.68. The third-order valence-corrected chi connectivity index (χ3v) is 3.73. The van der Waals surface area contributed by atoms with Gasteiger partial charge in [-0.15, -0.1) is 0 Å². The molecule has 2 saturated heterocycles. The van der Waals surface area contributed by atoms with Crippen molar-refractivity contribution in [2.24, 2.45) is 0 Å². The molecule has 1 amide bonds. The number of hydrogen-bond acceptors (Lipinski definition) is 7. The predicted octanol–water partition coefficient (Wildman–Crippen LogP) is -0.939. The van der Waals surface area contributed by atoms with E-state index in [0.717, 1.165) is 4.90 Å². The normalized spacial score (nSPS) is 39.2. The molecule has 8 nitrogen and oxygen atoms in total. The summed E-state index contributed by atoms with van der Waals surface area (Å²) in [6.45, 7) is 4.65. The second-order valence-corrected chi connectivity index (χ2v) is 6.54. The molecule has 8 heteroatoms. The van der Waals surface area contributed by atoms with Gasteiger partial charge in [0, 0.05) is 7.05 Å². The van der Waals surface area contributed by atoms with Gasteiger partial charge >= 0.3 is 6.09 Å². The van der Waals surface area contributed by atoms with Crippen LogP contribution in [0.4, 0.5) is 4.79 Å². The number of nitrogens with zero attached hydrogens (tertiary/aromatic N) is 1. The van der Waals surface area contributed by atoms with Gasteiger partial charge in [-0.3, -0.25) is 0 Å². The molecule has 5 atom stereocenters. The standard InChI is InChI=1S/C13H23NO7/c1-12(2,3)21-11(18)14(4)7-8(16)9(17)13(5-15)6-19-10(7)20-13/h7-10,15-17H,5-6H2,1-4H3/t7-,8-,9-,10-,13+/m1/s1. The zero-order chi connectivity index (χ0) is 16.0. The molecular weight excluding hydrogens is 282 g/mol. The monoisotopic (exact) mass is 305 g/mol. The van der Waals surface area contributed by atoms with Crippen molar-refractivity contribution < 1.29 is 34.3 Å². The molecule has 0 unspecified atom stereocenters. The Labute approximate surface area is 123 Å². The summed E-state index contributed by atoms with van der Waals surface area (Å²) in [6.07, 6.45) is -4.26. The minimum Gasteiger partial charge on any atom is -0.444 e. The second-order valence-electron chi connectivity index (χ2n) is 6.54. The van der Waals surface area contributed by atoms with Crippen molar-refractivity contribution in [2.45, 2.75) is 56.5 Å². The summed E-state index contributed by atoms with van der Waals surface area (Å²) in [5.41, 5.74) is -2.02. The quantitative estimate of drug-likeness (QED) is 0.604. The van der Waals surface area contributed by atoms with E-state index in [1.807, 2.05) is 0 Å². The van der Waals surface area contributed by atoms with Gasteiger partial charge in [0.05, 0.1) is 13.2 Å². The molecule has 0 radical (unpaired) electrons. The summed E-state index contributed by atoms with van der Waals surface area (Å²) >= 11 is 0. The number of carbonyl (C=O) groups is 1. The molecule has 2 bridgehead atoms. The maximum Gasteiger partial charge on any atom is 0.410 e. The molecule has 2 aliphatic heterocycles. The third kappa shape index (κ3) is 2.86. The maximum absolute atomic E-state index is 12.1. The minimum absolute atomic E-state index is 0.0505. The number of carbonyl (C=O) groups excluding carboxylic acids is 1. The molecule has 0 aliphatic carbocycles. The van der Waals surface area contributed by atoms with E-state index in [1.165, 1.54) is 7.05 Å². The summed E-state index contributed by atoms with van der Waals surface area (Å²) in [5.74, 6) is 0. The Bertz CT molecular complexity index is 410. The lowest BCUT2D eigenvalue weighted by Gasteiger charge is -2.44. The summed E-state index contributed by atoms with van der Waals surface area (Å²) in [6, 6.07) is -0.919. The summed E-state index contributed by atoms with van der Waals surface area (Å²) in [4.78, 5) is 13.2. The van der Waals surface area contributed by atoms with Crippen LogP contribution in [0.3, 0.4) is 0 Å². The second kappa shape index (κ2) is 5.36. The first-order chi connectivity index (χ1) is 9.61. The Hall–Kier alpha value is -0.930. The van der Waals surface area contributed by atoms with Gasteiger partial charge in [0.1, 0.15) is 29.5 Å². The summed E-state index contributed by atoms with van der Waals surface area (Å²) in [7, 11) is 1.44. The van der Waals surface area contributed by atoms with Crippen LogP contribution in [-0.2, 0) is 14.2 Å². The molecule has 0 aromatic carbocycles. The molecule has 2 aliphatic rings. The van der Waals surface area contributed by atoms with Crippen LogP contribution < -0.4 is 0 Å². The Balaban J connectivity index is 2.15. The first-order valence-electron chi connectivity index (χ1n) is 6.83. The molecule has 0 aromatic rings. The van der Waals surface area contributed by atoms with E-state index in [0.29, 0.717) is 0 Å². The highest BCUT2D eigenvalue weighted by Gasteiger charge is 2.60. The van der Waals surface area contributed by atoms with E-state index >= 15 is 0 Å². The molecule has 0 spiro atoms. The van der Waals surface area contributed by atoms with E-state index in [4.69, 9.17) is 14.2 Å². The molecule has 2 fully saturated rings. The number of aliphatic hydroxyl groups is 3. The number of ether oxygens (including phenoxy) is 3. The fourth-order valence-electron chi connectivity index (χ4n) is 2.55. The lowest BCUT2D eigenvalue weighted by atomic mass is 9.88. The van der Waals surface area contributed by atoms with Crippen LogP contribution >= 0.6 is 0 Å². The molecular formula is C13H23NO7. The molecule has 2 rings (SSSR count). The van der Waals surface area contributed by atoms with Crippen molar-refractivity contribution in [2.75, 3.05) is 20.3 Å². The van der Waals surface area contributed by atoms with E-state index in [-0.39, 0.29) is 6.61 Å². The van der Waals surface area contributed by atoms with Crippen molar-refractivity contribution in [3.05, 3.63) is 0 Å². The summed E-state index contributed by atoms with van der Waals surface area (Å²) < 4.78 is 16.1. The maximum atomic E-state index is 12.1. The zero-order valence-electron chi connectivity index (χ0n) is 12.6. The lowest BCUT2D eigenvalue weighted by molar-refractivity contribution is -0.246.